The van der Waals surface area contributed by atoms with Crippen LogP contribution in [0.5, 0.6) is 0 Å². The maximum absolute atomic E-state index is 14.0. The Bertz CT molecular complexity index is 907. The van der Waals surface area contributed by atoms with Crippen molar-refractivity contribution in [3.8, 4) is 0 Å². The molecule has 0 aromatic heterocycles. The van der Waals surface area contributed by atoms with E-state index >= 15 is 0 Å². The first kappa shape index (κ1) is 23.3. The van der Waals surface area contributed by atoms with Crippen molar-refractivity contribution in [1.82, 2.24) is 9.80 Å². The molecule has 0 saturated carbocycles. The van der Waals surface area contributed by atoms with E-state index in [2.05, 4.69) is 40.6 Å². The minimum Gasteiger partial charge on any atom is -0.371 e. The van der Waals surface area contributed by atoms with Gasteiger partial charge in [-0.1, -0.05) is 48.5 Å². The Morgan fingerprint density at radius 2 is 2.00 bits per heavy atom. The number of aliphatic imine (C=N–C) groups is 1. The van der Waals surface area contributed by atoms with Gasteiger partial charge in [0.2, 0.25) is 0 Å². The third-order valence-electron chi connectivity index (χ3n) is 6.27. The summed E-state index contributed by atoms with van der Waals surface area (Å²) in [5.41, 5.74) is 2.89. The summed E-state index contributed by atoms with van der Waals surface area (Å²) < 4.78 is 14.0. The largest absolute Gasteiger partial charge is 0.371 e. The maximum Gasteiger partial charge on any atom is 0.126 e. The van der Waals surface area contributed by atoms with Crippen LogP contribution in [-0.4, -0.2) is 41.8 Å². The number of rotatable bonds is 6. The van der Waals surface area contributed by atoms with Gasteiger partial charge in [-0.25, -0.2) is 9.38 Å². The number of benzene rings is 1. The van der Waals surface area contributed by atoms with Crippen LogP contribution in [0, 0.1) is 11.7 Å². The lowest BCUT2D eigenvalue weighted by molar-refractivity contribution is 0.227. The van der Waals surface area contributed by atoms with Gasteiger partial charge in [0.1, 0.15) is 11.7 Å². The first-order valence-electron chi connectivity index (χ1n) is 11.0. The Kier molecular flexibility index (Phi) is 8.14. The van der Waals surface area contributed by atoms with Gasteiger partial charge >= 0.3 is 0 Å². The lowest BCUT2D eigenvalue weighted by atomic mass is 9.89. The fourth-order valence-electron chi connectivity index (χ4n) is 4.33. The SMILES string of the molecule is C=C/C=C(C)\N=C(\C)N(C)[C@@H]1C=CC(N2CCC(Cc3ccccc3F)CC2)=C(Cl)C1. The molecule has 1 aromatic carbocycles. The number of hydrogen-bond donors (Lipinski definition) is 0. The molecular weight excluding hydrogens is 409 g/mol. The predicted octanol–water partition coefficient (Wildman–Crippen LogP) is 6.30. The highest BCUT2D eigenvalue weighted by atomic mass is 35.5. The Morgan fingerprint density at radius 3 is 2.65 bits per heavy atom. The topological polar surface area (TPSA) is 18.8 Å². The smallest absolute Gasteiger partial charge is 0.126 e. The van der Waals surface area contributed by atoms with Gasteiger partial charge in [-0.3, -0.25) is 0 Å². The van der Waals surface area contributed by atoms with Crippen molar-refractivity contribution in [3.63, 3.8) is 0 Å². The van der Waals surface area contributed by atoms with Gasteiger partial charge in [0.25, 0.3) is 0 Å². The van der Waals surface area contributed by atoms with Gasteiger partial charge in [0.15, 0.2) is 0 Å². The molecule has 1 aromatic rings. The van der Waals surface area contributed by atoms with Crippen LogP contribution < -0.4 is 0 Å². The average molecular weight is 442 g/mol. The molecule has 5 heteroatoms. The van der Waals surface area contributed by atoms with Crippen LogP contribution in [0.4, 0.5) is 4.39 Å². The van der Waals surface area contributed by atoms with E-state index < -0.39 is 0 Å². The molecule has 1 aliphatic heterocycles. The molecule has 1 heterocycles. The first-order valence-corrected chi connectivity index (χ1v) is 11.4. The van der Waals surface area contributed by atoms with E-state index in [1.807, 2.05) is 32.1 Å². The maximum atomic E-state index is 14.0. The number of likely N-dealkylation sites (tertiary alicyclic amines) is 1. The summed E-state index contributed by atoms with van der Waals surface area (Å²) in [6.45, 7) is 9.62. The molecule has 1 aliphatic carbocycles. The second-order valence-electron chi connectivity index (χ2n) is 8.46. The van der Waals surface area contributed by atoms with E-state index in [1.54, 1.807) is 18.2 Å². The van der Waals surface area contributed by atoms with Gasteiger partial charge in [0.05, 0.1) is 11.7 Å². The normalized spacial score (nSPS) is 20.9. The highest BCUT2D eigenvalue weighted by Gasteiger charge is 2.26. The zero-order valence-electron chi connectivity index (χ0n) is 18.8. The summed E-state index contributed by atoms with van der Waals surface area (Å²) in [5.74, 6) is 1.38. The molecule has 2 aliphatic rings. The Hall–Kier alpha value is -2.33. The van der Waals surface area contributed by atoms with Crippen molar-refractivity contribution >= 4 is 17.4 Å². The lowest BCUT2D eigenvalue weighted by Gasteiger charge is -2.37. The van der Waals surface area contributed by atoms with Gasteiger partial charge < -0.3 is 9.80 Å². The van der Waals surface area contributed by atoms with Crippen LogP contribution in [0.2, 0.25) is 0 Å². The van der Waals surface area contributed by atoms with Gasteiger partial charge in [-0.2, -0.15) is 0 Å². The van der Waals surface area contributed by atoms with Crippen molar-refractivity contribution in [1.29, 1.82) is 0 Å². The quantitative estimate of drug-likeness (QED) is 0.293. The van der Waals surface area contributed by atoms with Crippen LogP contribution in [0.3, 0.4) is 0 Å². The minimum absolute atomic E-state index is 0.0879. The Labute approximate surface area is 191 Å². The standard InChI is InChI=1S/C26H33ClFN3/c1-5-8-19(2)29-20(3)30(4)23-11-12-26(24(27)18-23)31-15-13-21(14-16-31)17-22-9-6-7-10-25(22)28/h5-12,21,23H,1,13-18H2,2-4H3/b19-8-,29-20-/t23-/m1/s1. The van der Waals surface area contributed by atoms with Gasteiger partial charge in [-0.15, -0.1) is 0 Å². The second kappa shape index (κ2) is 10.8. The summed E-state index contributed by atoms with van der Waals surface area (Å²) in [6, 6.07) is 7.32. The molecule has 1 atom stereocenters. The zero-order valence-corrected chi connectivity index (χ0v) is 19.6. The highest BCUT2D eigenvalue weighted by molar-refractivity contribution is 6.30. The van der Waals surface area contributed by atoms with E-state index in [-0.39, 0.29) is 11.9 Å². The molecule has 0 spiro atoms. The molecule has 1 fully saturated rings. The molecule has 3 nitrogen and oxygen atoms in total. The van der Waals surface area contributed by atoms with Crippen LogP contribution in [0.1, 0.15) is 38.7 Å². The van der Waals surface area contributed by atoms with Gasteiger partial charge in [0, 0.05) is 37.3 Å². The summed E-state index contributed by atoms with van der Waals surface area (Å²) >= 11 is 6.75. The van der Waals surface area contributed by atoms with Crippen molar-refractivity contribution in [2.24, 2.45) is 10.9 Å². The van der Waals surface area contributed by atoms with Crippen LogP contribution in [0.25, 0.3) is 0 Å². The number of hydrogen-bond acceptors (Lipinski definition) is 2. The molecule has 1 saturated heterocycles. The third kappa shape index (κ3) is 6.10. The Morgan fingerprint density at radius 1 is 1.29 bits per heavy atom. The van der Waals surface area contributed by atoms with E-state index in [4.69, 9.17) is 11.6 Å². The molecule has 3 rings (SSSR count). The molecule has 0 N–H and O–H groups in total. The van der Waals surface area contributed by atoms with Crippen LogP contribution in [-0.2, 0) is 6.42 Å². The summed E-state index contributed by atoms with van der Waals surface area (Å²) in [5, 5.41) is 0.901. The monoisotopic (exact) mass is 441 g/mol. The predicted molar refractivity (Wildman–Crippen MR) is 130 cm³/mol. The van der Waals surface area contributed by atoms with E-state index in [9.17, 15) is 4.39 Å². The van der Waals surface area contributed by atoms with E-state index in [0.717, 1.165) is 66.6 Å². The highest BCUT2D eigenvalue weighted by Crippen LogP contribution is 2.31. The first-order chi connectivity index (χ1) is 14.9. The van der Waals surface area contributed by atoms with E-state index in [0.29, 0.717) is 5.92 Å². The zero-order chi connectivity index (χ0) is 22.4. The van der Waals surface area contributed by atoms with Crippen molar-refractivity contribution in [2.75, 3.05) is 20.1 Å². The minimum atomic E-state index is -0.0879. The number of piperidine rings is 1. The number of halogens is 2. The number of likely N-dealkylation sites (N-methyl/N-ethyl adjacent to an activating group) is 1. The molecule has 0 unspecified atom stereocenters. The third-order valence-corrected chi connectivity index (χ3v) is 6.62. The molecule has 0 radical (unpaired) electrons. The number of allylic oxidation sites excluding steroid dienone is 4. The molecule has 0 amide bonds. The average Bonchev–Trinajstić information content (AvgIpc) is 2.75. The number of nitrogens with zero attached hydrogens (tertiary/aromatic N) is 3. The summed E-state index contributed by atoms with van der Waals surface area (Å²) in [7, 11) is 2.05. The fourth-order valence-corrected chi connectivity index (χ4v) is 4.67. The molecular formula is C26H33ClFN3. The van der Waals surface area contributed by atoms with Crippen LogP contribution in [0.15, 0.2) is 76.6 Å². The summed E-state index contributed by atoms with van der Waals surface area (Å²) in [4.78, 5) is 9.17. The molecule has 0 bridgehead atoms. The number of amidine groups is 1. The molecule has 166 valence electrons. The van der Waals surface area contributed by atoms with Crippen molar-refractivity contribution in [2.45, 2.75) is 45.6 Å². The lowest BCUT2D eigenvalue weighted by Crippen LogP contribution is -2.38. The molecule has 31 heavy (non-hydrogen) atoms. The van der Waals surface area contributed by atoms with Gasteiger partial charge in [-0.05, 0) is 62.8 Å². The van der Waals surface area contributed by atoms with E-state index in [1.165, 1.54) is 0 Å². The van der Waals surface area contributed by atoms with Crippen LogP contribution >= 0.6 is 11.6 Å². The van der Waals surface area contributed by atoms with Crippen molar-refractivity contribution in [3.05, 3.63) is 83.0 Å². The van der Waals surface area contributed by atoms with Crippen molar-refractivity contribution < 1.29 is 4.39 Å². The fraction of sp³-hybridized carbons (Fsp3) is 0.423. The summed E-state index contributed by atoms with van der Waals surface area (Å²) in [6.07, 6.45) is 11.7. The Balaban J connectivity index is 1.57. The second-order valence-corrected chi connectivity index (χ2v) is 8.92.